The average Bonchev–Trinajstić information content (AvgIpc) is 2.17. The van der Waals surface area contributed by atoms with Gasteiger partial charge in [0.2, 0.25) is 0 Å². The molecule has 0 unspecified atom stereocenters. The van der Waals surface area contributed by atoms with E-state index in [4.69, 9.17) is 5.11 Å². The summed E-state index contributed by atoms with van der Waals surface area (Å²) in [6, 6.07) is 6.21. The van der Waals surface area contributed by atoms with Gasteiger partial charge in [0.1, 0.15) is 0 Å². The van der Waals surface area contributed by atoms with Crippen LogP contribution in [0, 0.1) is 6.92 Å². The van der Waals surface area contributed by atoms with Gasteiger partial charge in [0.15, 0.2) is 0 Å². The molecule has 1 aromatic carbocycles. The maximum Gasteiger partial charge on any atom is 0.0644 e. The molecule has 0 bridgehead atoms. The lowest BCUT2D eigenvalue weighted by atomic mass is 10.1. The van der Waals surface area contributed by atoms with Crippen LogP contribution in [0.15, 0.2) is 28.2 Å². The van der Waals surface area contributed by atoms with E-state index in [-0.39, 0.29) is 6.61 Å². The minimum atomic E-state index is 0.136. The summed E-state index contributed by atoms with van der Waals surface area (Å²) in [7, 11) is 0. The van der Waals surface area contributed by atoms with Crippen LogP contribution in [-0.4, -0.2) is 11.7 Å². The molecule has 0 radical (unpaired) electrons. The molecule has 0 atom stereocenters. The Kier molecular flexibility index (Phi) is 4.36. The highest BCUT2D eigenvalue weighted by Crippen LogP contribution is 2.21. The third-order valence-electron chi connectivity index (χ3n) is 2.17. The Bertz CT molecular complexity index is 336. The summed E-state index contributed by atoms with van der Waals surface area (Å²) in [5, 5.41) is 9.05. The summed E-state index contributed by atoms with van der Waals surface area (Å²) >= 11 is 3.51. The summed E-state index contributed by atoms with van der Waals surface area (Å²) in [6.45, 7) is 4.24. The lowest BCUT2D eigenvalue weighted by molar-refractivity contribution is 0.329. The first-order valence-corrected chi connectivity index (χ1v) is 5.53. The molecular weight excluding hydrogens is 240 g/mol. The number of aryl methyl sites for hydroxylation is 1. The highest BCUT2D eigenvalue weighted by atomic mass is 79.9. The van der Waals surface area contributed by atoms with E-state index >= 15 is 0 Å². The molecule has 0 aliphatic rings. The average molecular weight is 255 g/mol. The van der Waals surface area contributed by atoms with Gasteiger partial charge in [0.05, 0.1) is 6.61 Å². The first-order chi connectivity index (χ1) is 6.67. The molecule has 1 N–H and O–H groups in total. The first-order valence-electron chi connectivity index (χ1n) is 4.73. The molecule has 0 saturated heterocycles. The SMILES string of the molecule is CC/C(=C/c1ccc(C)cc1Br)CO. The number of hydrogen-bond acceptors (Lipinski definition) is 1. The van der Waals surface area contributed by atoms with Gasteiger partial charge >= 0.3 is 0 Å². The Balaban J connectivity index is 3.02. The quantitative estimate of drug-likeness (QED) is 0.875. The second-order valence-electron chi connectivity index (χ2n) is 3.34. The Labute approximate surface area is 93.6 Å². The van der Waals surface area contributed by atoms with Crippen molar-refractivity contribution in [2.24, 2.45) is 0 Å². The lowest BCUT2D eigenvalue weighted by Gasteiger charge is -2.03. The fourth-order valence-corrected chi connectivity index (χ4v) is 1.84. The van der Waals surface area contributed by atoms with Crippen LogP contribution < -0.4 is 0 Å². The van der Waals surface area contributed by atoms with Crippen LogP contribution in [0.4, 0.5) is 0 Å². The lowest BCUT2D eigenvalue weighted by Crippen LogP contribution is -1.88. The van der Waals surface area contributed by atoms with Gasteiger partial charge in [-0.15, -0.1) is 0 Å². The molecule has 0 saturated carbocycles. The topological polar surface area (TPSA) is 20.2 Å². The fourth-order valence-electron chi connectivity index (χ4n) is 1.23. The van der Waals surface area contributed by atoms with E-state index < -0.39 is 0 Å². The molecule has 0 amide bonds. The molecule has 0 spiro atoms. The Morgan fingerprint density at radius 2 is 2.21 bits per heavy atom. The van der Waals surface area contributed by atoms with Gasteiger partial charge in [-0.05, 0) is 36.1 Å². The number of hydrogen-bond donors (Lipinski definition) is 1. The van der Waals surface area contributed by atoms with Gasteiger partial charge in [-0.2, -0.15) is 0 Å². The van der Waals surface area contributed by atoms with Gasteiger partial charge in [-0.1, -0.05) is 41.1 Å². The van der Waals surface area contributed by atoms with Crippen LogP contribution in [-0.2, 0) is 0 Å². The molecule has 0 aliphatic carbocycles. The van der Waals surface area contributed by atoms with E-state index in [1.54, 1.807) is 0 Å². The van der Waals surface area contributed by atoms with Crippen molar-refractivity contribution in [3.63, 3.8) is 0 Å². The summed E-state index contributed by atoms with van der Waals surface area (Å²) in [6.07, 6.45) is 2.92. The zero-order valence-corrected chi connectivity index (χ0v) is 10.1. The predicted molar refractivity (Wildman–Crippen MR) is 64.2 cm³/mol. The number of benzene rings is 1. The minimum Gasteiger partial charge on any atom is -0.392 e. The van der Waals surface area contributed by atoms with Gasteiger partial charge in [0, 0.05) is 4.47 Å². The van der Waals surface area contributed by atoms with Crippen LogP contribution in [0.2, 0.25) is 0 Å². The summed E-state index contributed by atoms with van der Waals surface area (Å²) in [5.41, 5.74) is 3.41. The van der Waals surface area contributed by atoms with Crippen LogP contribution in [0.5, 0.6) is 0 Å². The molecule has 0 aliphatic heterocycles. The van der Waals surface area contributed by atoms with Crippen molar-refractivity contribution in [2.45, 2.75) is 20.3 Å². The molecular formula is C12H15BrO. The standard InChI is InChI=1S/C12H15BrO/c1-3-10(8-14)7-11-5-4-9(2)6-12(11)13/h4-7,14H,3,8H2,1-2H3/b10-7-. The highest BCUT2D eigenvalue weighted by Gasteiger charge is 1.98. The molecule has 0 aromatic heterocycles. The van der Waals surface area contributed by atoms with Crippen LogP contribution in [0.3, 0.4) is 0 Å². The van der Waals surface area contributed by atoms with Crippen LogP contribution >= 0.6 is 15.9 Å². The Morgan fingerprint density at radius 1 is 1.50 bits per heavy atom. The first kappa shape index (κ1) is 11.5. The Hall–Kier alpha value is -0.600. The number of rotatable bonds is 3. The molecule has 0 fully saturated rings. The Morgan fingerprint density at radius 3 is 2.71 bits per heavy atom. The third-order valence-corrected chi connectivity index (χ3v) is 2.86. The van der Waals surface area contributed by atoms with Crippen molar-refractivity contribution >= 4 is 22.0 Å². The van der Waals surface area contributed by atoms with Crippen molar-refractivity contribution in [3.05, 3.63) is 39.4 Å². The molecule has 2 heteroatoms. The van der Waals surface area contributed by atoms with E-state index in [0.717, 1.165) is 22.0 Å². The van der Waals surface area contributed by atoms with E-state index in [2.05, 4.69) is 41.1 Å². The molecule has 14 heavy (non-hydrogen) atoms. The van der Waals surface area contributed by atoms with Crippen molar-refractivity contribution < 1.29 is 5.11 Å². The van der Waals surface area contributed by atoms with E-state index in [9.17, 15) is 0 Å². The monoisotopic (exact) mass is 254 g/mol. The molecule has 1 rings (SSSR count). The molecule has 76 valence electrons. The highest BCUT2D eigenvalue weighted by molar-refractivity contribution is 9.10. The maximum absolute atomic E-state index is 9.05. The molecule has 1 aromatic rings. The number of halogens is 1. The van der Waals surface area contributed by atoms with Crippen molar-refractivity contribution in [1.82, 2.24) is 0 Å². The van der Waals surface area contributed by atoms with E-state index in [1.807, 2.05) is 13.0 Å². The smallest absolute Gasteiger partial charge is 0.0644 e. The zero-order valence-electron chi connectivity index (χ0n) is 8.55. The van der Waals surface area contributed by atoms with Gasteiger partial charge in [-0.25, -0.2) is 0 Å². The van der Waals surface area contributed by atoms with Gasteiger partial charge in [-0.3, -0.25) is 0 Å². The third kappa shape index (κ3) is 2.96. The van der Waals surface area contributed by atoms with Crippen molar-refractivity contribution in [3.8, 4) is 0 Å². The number of aliphatic hydroxyl groups is 1. The summed E-state index contributed by atoms with van der Waals surface area (Å²) in [4.78, 5) is 0. The van der Waals surface area contributed by atoms with Crippen LogP contribution in [0.25, 0.3) is 6.08 Å². The maximum atomic E-state index is 9.05. The van der Waals surface area contributed by atoms with E-state index in [0.29, 0.717) is 0 Å². The summed E-state index contributed by atoms with van der Waals surface area (Å²) < 4.78 is 1.08. The van der Waals surface area contributed by atoms with Gasteiger partial charge < -0.3 is 5.11 Å². The van der Waals surface area contributed by atoms with Crippen molar-refractivity contribution in [1.29, 1.82) is 0 Å². The molecule has 0 heterocycles. The largest absolute Gasteiger partial charge is 0.392 e. The minimum absolute atomic E-state index is 0.136. The zero-order chi connectivity index (χ0) is 10.6. The van der Waals surface area contributed by atoms with Gasteiger partial charge in [0.25, 0.3) is 0 Å². The predicted octanol–water partition coefficient (Wildman–Crippen LogP) is 3.54. The normalized spacial score (nSPS) is 11.9. The van der Waals surface area contributed by atoms with E-state index in [1.165, 1.54) is 5.56 Å². The van der Waals surface area contributed by atoms with Crippen molar-refractivity contribution in [2.75, 3.05) is 6.61 Å². The van der Waals surface area contributed by atoms with Crippen LogP contribution in [0.1, 0.15) is 24.5 Å². The second kappa shape index (κ2) is 5.32. The second-order valence-corrected chi connectivity index (χ2v) is 4.19. The summed E-state index contributed by atoms with van der Waals surface area (Å²) in [5.74, 6) is 0. The number of aliphatic hydroxyl groups excluding tert-OH is 1. The molecule has 1 nitrogen and oxygen atoms in total. The fraction of sp³-hybridized carbons (Fsp3) is 0.333.